The van der Waals surface area contributed by atoms with Crippen molar-refractivity contribution >= 4 is 52.8 Å². The van der Waals surface area contributed by atoms with Gasteiger partial charge in [-0.15, -0.1) is 0 Å². The molecule has 0 bridgehead atoms. The van der Waals surface area contributed by atoms with Crippen LogP contribution in [0.5, 0.6) is 5.75 Å². The molecule has 0 spiro atoms. The number of benzene rings is 2. The van der Waals surface area contributed by atoms with Crippen molar-refractivity contribution in [2.24, 2.45) is 5.10 Å². The maximum atomic E-state index is 12.0. The largest absolute Gasteiger partial charge is 0.484 e. The summed E-state index contributed by atoms with van der Waals surface area (Å²) in [5.41, 5.74) is 3.20. The molecule has 3 aromatic rings. The number of carbonyl (C=O) groups is 3. The zero-order valence-electron chi connectivity index (χ0n) is 17.0. The normalized spacial score (nSPS) is 10.6. The summed E-state index contributed by atoms with van der Waals surface area (Å²) in [5.74, 6) is -1.17. The fraction of sp³-hybridized carbons (Fsp3) is 0.0909. The topological polar surface area (TPSA) is 122 Å². The molecule has 2 aromatic carbocycles. The van der Waals surface area contributed by atoms with Crippen LogP contribution in [-0.2, 0) is 20.9 Å². The predicted octanol–water partition coefficient (Wildman–Crippen LogP) is 3.37. The van der Waals surface area contributed by atoms with E-state index in [1.54, 1.807) is 48.5 Å². The number of nitrogens with zero attached hydrogens (tertiary/aromatic N) is 1. The van der Waals surface area contributed by atoms with Crippen LogP contribution >= 0.6 is 23.2 Å². The quantitative estimate of drug-likeness (QED) is 0.255. The lowest BCUT2D eigenvalue weighted by Gasteiger charge is -2.09. The first-order chi connectivity index (χ1) is 15.9. The lowest BCUT2D eigenvalue weighted by atomic mass is 10.2. The Bertz CT molecular complexity index is 1150. The second kappa shape index (κ2) is 11.7. The molecule has 9 nitrogen and oxygen atoms in total. The molecule has 0 aliphatic rings. The van der Waals surface area contributed by atoms with E-state index in [0.717, 1.165) is 0 Å². The molecule has 1 aromatic heterocycles. The summed E-state index contributed by atoms with van der Waals surface area (Å²) in [4.78, 5) is 35.5. The van der Waals surface area contributed by atoms with Gasteiger partial charge in [0, 0.05) is 5.02 Å². The van der Waals surface area contributed by atoms with Crippen molar-refractivity contribution in [1.82, 2.24) is 10.7 Å². The van der Waals surface area contributed by atoms with Crippen LogP contribution in [0.25, 0.3) is 0 Å². The van der Waals surface area contributed by atoms with Crippen molar-refractivity contribution in [3.63, 3.8) is 0 Å². The van der Waals surface area contributed by atoms with Crippen molar-refractivity contribution in [3.8, 4) is 5.75 Å². The summed E-state index contributed by atoms with van der Waals surface area (Å²) >= 11 is 11.8. The Hall–Kier alpha value is -3.82. The van der Waals surface area contributed by atoms with Gasteiger partial charge in [-0.05, 0) is 60.2 Å². The van der Waals surface area contributed by atoms with Crippen LogP contribution in [0, 0.1) is 0 Å². The highest BCUT2D eigenvalue weighted by molar-refractivity contribution is 6.36. The molecule has 0 fully saturated rings. The van der Waals surface area contributed by atoms with Crippen molar-refractivity contribution in [1.29, 1.82) is 0 Å². The number of carbonyl (C=O) groups excluding carboxylic acids is 3. The van der Waals surface area contributed by atoms with Crippen LogP contribution in [0.4, 0.5) is 5.69 Å². The van der Waals surface area contributed by atoms with Crippen molar-refractivity contribution in [3.05, 3.63) is 82.2 Å². The van der Waals surface area contributed by atoms with E-state index in [1.165, 1.54) is 18.5 Å². The minimum Gasteiger partial charge on any atom is -0.484 e. The van der Waals surface area contributed by atoms with E-state index in [2.05, 4.69) is 21.2 Å². The molecule has 3 N–H and O–H groups in total. The number of hydrazone groups is 1. The summed E-state index contributed by atoms with van der Waals surface area (Å²) < 4.78 is 10.5. The van der Waals surface area contributed by atoms with Gasteiger partial charge in [0.05, 0.1) is 29.7 Å². The molecule has 1 heterocycles. The van der Waals surface area contributed by atoms with Gasteiger partial charge in [-0.2, -0.15) is 5.10 Å². The minimum absolute atomic E-state index is 0.0925. The van der Waals surface area contributed by atoms with E-state index in [0.29, 0.717) is 32.8 Å². The standard InChI is InChI=1S/C22H18Cl2N4O5/c23-15-5-8-19(18(24)10-15)27-20(29)13-33-16-6-3-14(4-7-16)11-26-28-22(31)21(30)25-12-17-2-1-9-32-17/h1-11H,12-13H2,(H,25,30)(H,27,29)(H,28,31)/b26-11-. The number of ether oxygens (including phenoxy) is 1. The van der Waals surface area contributed by atoms with Crippen LogP contribution in [0.3, 0.4) is 0 Å². The highest BCUT2D eigenvalue weighted by Gasteiger charge is 2.12. The second-order valence-electron chi connectivity index (χ2n) is 6.49. The maximum Gasteiger partial charge on any atom is 0.329 e. The molecule has 0 saturated carbocycles. The molecule has 0 radical (unpaired) electrons. The molecule has 33 heavy (non-hydrogen) atoms. The number of anilines is 1. The average Bonchev–Trinajstić information content (AvgIpc) is 3.32. The van der Waals surface area contributed by atoms with Crippen LogP contribution < -0.4 is 20.8 Å². The van der Waals surface area contributed by atoms with Gasteiger partial charge in [-0.3, -0.25) is 14.4 Å². The summed E-state index contributed by atoms with van der Waals surface area (Å²) in [6, 6.07) is 14.7. The molecular formula is C22H18Cl2N4O5. The number of amides is 3. The highest BCUT2D eigenvalue weighted by atomic mass is 35.5. The number of furan rings is 1. The molecule has 0 aliphatic carbocycles. The lowest BCUT2D eigenvalue weighted by Crippen LogP contribution is -2.37. The number of hydrogen-bond donors (Lipinski definition) is 3. The molecule has 0 atom stereocenters. The van der Waals surface area contributed by atoms with Gasteiger partial charge in [0.15, 0.2) is 6.61 Å². The minimum atomic E-state index is -0.912. The summed E-state index contributed by atoms with van der Waals surface area (Å²) in [5, 5.41) is 9.56. The Morgan fingerprint density at radius 1 is 1.03 bits per heavy atom. The Morgan fingerprint density at radius 3 is 2.52 bits per heavy atom. The second-order valence-corrected chi connectivity index (χ2v) is 7.33. The van der Waals surface area contributed by atoms with Gasteiger partial charge in [0.2, 0.25) is 0 Å². The smallest absolute Gasteiger partial charge is 0.329 e. The predicted molar refractivity (Wildman–Crippen MR) is 123 cm³/mol. The van der Waals surface area contributed by atoms with Gasteiger partial charge < -0.3 is 19.8 Å². The van der Waals surface area contributed by atoms with E-state index in [9.17, 15) is 14.4 Å². The van der Waals surface area contributed by atoms with Crippen LogP contribution in [0.2, 0.25) is 10.0 Å². The van der Waals surface area contributed by atoms with Gasteiger partial charge in [0.25, 0.3) is 5.91 Å². The molecule has 0 aliphatic heterocycles. The molecule has 0 unspecified atom stereocenters. The summed E-state index contributed by atoms with van der Waals surface area (Å²) in [6.45, 7) is -0.134. The van der Waals surface area contributed by atoms with E-state index >= 15 is 0 Å². The van der Waals surface area contributed by atoms with Gasteiger partial charge in [-0.25, -0.2) is 5.43 Å². The van der Waals surface area contributed by atoms with E-state index in [-0.39, 0.29) is 13.2 Å². The van der Waals surface area contributed by atoms with Crippen molar-refractivity contribution in [2.75, 3.05) is 11.9 Å². The number of halogens is 2. The monoisotopic (exact) mass is 488 g/mol. The Morgan fingerprint density at radius 2 is 1.82 bits per heavy atom. The van der Waals surface area contributed by atoms with Crippen molar-refractivity contribution in [2.45, 2.75) is 6.54 Å². The maximum absolute atomic E-state index is 12.0. The molecular weight excluding hydrogens is 471 g/mol. The first-order valence-corrected chi connectivity index (χ1v) is 10.3. The Kier molecular flexibility index (Phi) is 8.45. The summed E-state index contributed by atoms with van der Waals surface area (Å²) in [7, 11) is 0. The SMILES string of the molecule is O=C(COc1ccc(/C=N\NC(=O)C(=O)NCc2ccco2)cc1)Nc1ccc(Cl)cc1Cl. The number of nitrogens with one attached hydrogen (secondary N) is 3. The number of rotatable bonds is 8. The third-order valence-electron chi connectivity index (χ3n) is 4.04. The first-order valence-electron chi connectivity index (χ1n) is 9.52. The van der Waals surface area contributed by atoms with Gasteiger partial charge in [0.1, 0.15) is 11.5 Å². The first kappa shape index (κ1) is 23.8. The molecule has 170 valence electrons. The molecule has 0 saturated heterocycles. The van der Waals surface area contributed by atoms with Crippen LogP contribution in [-0.4, -0.2) is 30.5 Å². The third-order valence-corrected chi connectivity index (χ3v) is 4.59. The summed E-state index contributed by atoms with van der Waals surface area (Å²) in [6.07, 6.45) is 2.82. The highest BCUT2D eigenvalue weighted by Crippen LogP contribution is 2.25. The zero-order chi connectivity index (χ0) is 23.6. The number of hydrogen-bond acceptors (Lipinski definition) is 6. The lowest BCUT2D eigenvalue weighted by molar-refractivity contribution is -0.139. The fourth-order valence-electron chi connectivity index (χ4n) is 2.45. The Labute approximate surface area is 198 Å². The molecule has 3 rings (SSSR count). The van der Waals surface area contributed by atoms with E-state index < -0.39 is 17.7 Å². The third kappa shape index (κ3) is 7.67. The van der Waals surface area contributed by atoms with Gasteiger partial charge >= 0.3 is 11.8 Å². The van der Waals surface area contributed by atoms with Crippen LogP contribution in [0.1, 0.15) is 11.3 Å². The van der Waals surface area contributed by atoms with Gasteiger partial charge in [-0.1, -0.05) is 23.2 Å². The van der Waals surface area contributed by atoms with E-state index in [1.807, 2.05) is 0 Å². The molecule has 11 heteroatoms. The van der Waals surface area contributed by atoms with Crippen molar-refractivity contribution < 1.29 is 23.5 Å². The molecule has 3 amide bonds. The zero-order valence-corrected chi connectivity index (χ0v) is 18.5. The fourth-order valence-corrected chi connectivity index (χ4v) is 2.91. The Balaban J connectivity index is 1.41. The average molecular weight is 489 g/mol. The van der Waals surface area contributed by atoms with E-state index in [4.69, 9.17) is 32.4 Å². The van der Waals surface area contributed by atoms with Crippen LogP contribution in [0.15, 0.2) is 70.4 Å².